The lowest BCUT2D eigenvalue weighted by atomic mass is 10.0. The van der Waals surface area contributed by atoms with Gasteiger partial charge in [-0.1, -0.05) is 23.4 Å². The van der Waals surface area contributed by atoms with Gasteiger partial charge in [-0.15, -0.1) is 0 Å². The second-order valence-electron chi connectivity index (χ2n) is 5.42. The van der Waals surface area contributed by atoms with Crippen LogP contribution in [0.5, 0.6) is 0 Å². The smallest absolute Gasteiger partial charge is 0.233 e. The van der Waals surface area contributed by atoms with Crippen molar-refractivity contribution in [2.75, 3.05) is 12.3 Å². The highest BCUT2D eigenvalue weighted by Crippen LogP contribution is 2.23. The van der Waals surface area contributed by atoms with Gasteiger partial charge in [0, 0.05) is 17.6 Å². The Hall–Kier alpha value is -1.20. The second kappa shape index (κ2) is 6.28. The van der Waals surface area contributed by atoms with Gasteiger partial charge in [0.1, 0.15) is 0 Å². The second-order valence-corrected chi connectivity index (χ2v) is 6.82. The molecule has 0 aliphatic carbocycles. The van der Waals surface area contributed by atoms with E-state index >= 15 is 0 Å². The molecule has 1 amide bonds. The number of benzene rings is 1. The summed E-state index contributed by atoms with van der Waals surface area (Å²) in [5.74, 6) is 0.628. The molecule has 2 aromatic rings. The van der Waals surface area contributed by atoms with E-state index in [0.717, 1.165) is 35.6 Å². The van der Waals surface area contributed by atoms with Crippen molar-refractivity contribution in [2.45, 2.75) is 37.4 Å². The summed E-state index contributed by atoms with van der Waals surface area (Å²) in [6.45, 7) is 3.02. The molecule has 1 aliphatic rings. The predicted octanol–water partition coefficient (Wildman–Crippen LogP) is 3.71. The molecule has 0 bridgehead atoms. The van der Waals surface area contributed by atoms with Crippen LogP contribution in [0, 0.1) is 0 Å². The van der Waals surface area contributed by atoms with E-state index in [1.54, 1.807) is 0 Å². The minimum absolute atomic E-state index is 0.200. The Morgan fingerprint density at radius 2 is 2.38 bits per heavy atom. The summed E-state index contributed by atoms with van der Waals surface area (Å²) in [6.07, 6.45) is 3.45. The van der Waals surface area contributed by atoms with Crippen molar-refractivity contribution in [3.63, 3.8) is 0 Å². The summed E-state index contributed by atoms with van der Waals surface area (Å²) in [4.78, 5) is 22.0. The maximum atomic E-state index is 12.3. The standard InChI is InChI=1S/C15H18ClN3OS/c1-10-4-2-3-7-19(10)14(20)9-21-15-17-12-6-5-11(16)8-13(12)18-15/h5-6,8,10H,2-4,7,9H2,1H3,(H,17,18). The van der Waals surface area contributed by atoms with Gasteiger partial charge < -0.3 is 9.88 Å². The average molecular weight is 324 g/mol. The van der Waals surface area contributed by atoms with Crippen LogP contribution >= 0.6 is 23.4 Å². The molecule has 1 atom stereocenters. The van der Waals surface area contributed by atoms with E-state index in [0.29, 0.717) is 16.8 Å². The van der Waals surface area contributed by atoms with E-state index in [9.17, 15) is 4.79 Å². The Labute approximate surface area is 133 Å². The zero-order valence-corrected chi connectivity index (χ0v) is 13.5. The Balaban J connectivity index is 1.64. The highest BCUT2D eigenvalue weighted by Gasteiger charge is 2.23. The Morgan fingerprint density at radius 3 is 3.19 bits per heavy atom. The minimum atomic E-state index is 0.200. The van der Waals surface area contributed by atoms with E-state index in [2.05, 4.69) is 16.9 Å². The number of carbonyl (C=O) groups excluding carboxylic acids is 1. The van der Waals surface area contributed by atoms with Crippen LogP contribution in [0.15, 0.2) is 23.4 Å². The van der Waals surface area contributed by atoms with Crippen molar-refractivity contribution in [3.8, 4) is 0 Å². The van der Waals surface area contributed by atoms with E-state index in [-0.39, 0.29) is 5.91 Å². The molecule has 2 heterocycles. The number of carbonyl (C=O) groups is 1. The molecule has 21 heavy (non-hydrogen) atoms. The first-order valence-electron chi connectivity index (χ1n) is 7.21. The molecule has 0 saturated carbocycles. The molecule has 1 fully saturated rings. The number of imidazole rings is 1. The molecule has 6 heteroatoms. The number of amides is 1. The monoisotopic (exact) mass is 323 g/mol. The Kier molecular flexibility index (Phi) is 4.40. The molecule has 1 aliphatic heterocycles. The average Bonchev–Trinajstić information content (AvgIpc) is 2.87. The van der Waals surface area contributed by atoms with Gasteiger partial charge in [-0.05, 0) is 44.4 Å². The Bertz CT molecular complexity index is 657. The van der Waals surface area contributed by atoms with Crippen molar-refractivity contribution < 1.29 is 4.79 Å². The third kappa shape index (κ3) is 3.35. The first-order chi connectivity index (χ1) is 10.1. The topological polar surface area (TPSA) is 49.0 Å². The van der Waals surface area contributed by atoms with Crippen molar-refractivity contribution in [3.05, 3.63) is 23.2 Å². The number of hydrogen-bond acceptors (Lipinski definition) is 3. The summed E-state index contributed by atoms with van der Waals surface area (Å²) in [6, 6.07) is 5.91. The zero-order valence-electron chi connectivity index (χ0n) is 11.9. The Morgan fingerprint density at radius 1 is 1.52 bits per heavy atom. The number of rotatable bonds is 3. The van der Waals surface area contributed by atoms with E-state index in [4.69, 9.17) is 11.6 Å². The lowest BCUT2D eigenvalue weighted by Crippen LogP contribution is -2.42. The maximum Gasteiger partial charge on any atom is 0.233 e. The number of H-pyrrole nitrogens is 1. The van der Waals surface area contributed by atoms with Gasteiger partial charge in [-0.3, -0.25) is 4.79 Å². The SMILES string of the molecule is CC1CCCCN1C(=O)CSc1nc2ccc(Cl)cc2[nH]1. The van der Waals surface area contributed by atoms with E-state index in [1.807, 2.05) is 23.1 Å². The van der Waals surface area contributed by atoms with Crippen molar-refractivity contribution >= 4 is 40.3 Å². The quantitative estimate of drug-likeness (QED) is 0.876. The van der Waals surface area contributed by atoms with Gasteiger partial charge in [0.15, 0.2) is 5.16 Å². The largest absolute Gasteiger partial charge is 0.339 e. The summed E-state index contributed by atoms with van der Waals surface area (Å²) in [5, 5.41) is 1.45. The molecule has 1 aromatic heterocycles. The minimum Gasteiger partial charge on any atom is -0.339 e. The first kappa shape index (κ1) is 14.7. The molecule has 1 saturated heterocycles. The van der Waals surface area contributed by atoms with Gasteiger partial charge in [0.25, 0.3) is 0 Å². The fourth-order valence-corrected chi connectivity index (χ4v) is 3.65. The van der Waals surface area contributed by atoms with Crippen molar-refractivity contribution in [1.29, 1.82) is 0 Å². The fourth-order valence-electron chi connectivity index (χ4n) is 2.71. The third-order valence-corrected chi connectivity index (χ3v) is 4.97. The molecule has 1 unspecified atom stereocenters. The van der Waals surface area contributed by atoms with E-state index < -0.39 is 0 Å². The number of fused-ring (bicyclic) bond motifs is 1. The van der Waals surface area contributed by atoms with Gasteiger partial charge in [0.2, 0.25) is 5.91 Å². The van der Waals surface area contributed by atoms with Gasteiger partial charge >= 0.3 is 0 Å². The molecule has 0 radical (unpaired) electrons. The molecule has 1 aromatic carbocycles. The van der Waals surface area contributed by atoms with Crippen LogP contribution in [-0.4, -0.2) is 39.1 Å². The van der Waals surface area contributed by atoms with Gasteiger partial charge in [-0.25, -0.2) is 4.98 Å². The van der Waals surface area contributed by atoms with Gasteiger partial charge in [0.05, 0.1) is 16.8 Å². The predicted molar refractivity (Wildman–Crippen MR) is 86.9 cm³/mol. The number of thioether (sulfide) groups is 1. The molecule has 3 rings (SSSR count). The fraction of sp³-hybridized carbons (Fsp3) is 0.467. The highest BCUT2D eigenvalue weighted by atomic mass is 35.5. The normalized spacial score (nSPS) is 19.1. The van der Waals surface area contributed by atoms with Gasteiger partial charge in [-0.2, -0.15) is 0 Å². The number of halogens is 1. The lowest BCUT2D eigenvalue weighted by molar-refractivity contribution is -0.131. The number of nitrogens with one attached hydrogen (secondary N) is 1. The molecule has 112 valence electrons. The number of likely N-dealkylation sites (tertiary alicyclic amines) is 1. The van der Waals surface area contributed by atoms with Crippen LogP contribution in [0.3, 0.4) is 0 Å². The van der Waals surface area contributed by atoms with Crippen LogP contribution in [0.25, 0.3) is 11.0 Å². The van der Waals surface area contributed by atoms with E-state index in [1.165, 1.54) is 18.2 Å². The van der Waals surface area contributed by atoms with Crippen molar-refractivity contribution in [1.82, 2.24) is 14.9 Å². The molecular weight excluding hydrogens is 306 g/mol. The lowest BCUT2D eigenvalue weighted by Gasteiger charge is -2.33. The van der Waals surface area contributed by atoms with Crippen LogP contribution in [0.1, 0.15) is 26.2 Å². The summed E-state index contributed by atoms with van der Waals surface area (Å²) >= 11 is 7.41. The number of aromatic amines is 1. The summed E-state index contributed by atoms with van der Waals surface area (Å²) in [5.41, 5.74) is 1.78. The number of nitrogens with zero attached hydrogens (tertiary/aromatic N) is 2. The van der Waals surface area contributed by atoms with Crippen molar-refractivity contribution in [2.24, 2.45) is 0 Å². The number of aromatic nitrogens is 2. The van der Waals surface area contributed by atoms with Crippen LogP contribution in [0.2, 0.25) is 5.02 Å². The van der Waals surface area contributed by atoms with Crippen LogP contribution in [-0.2, 0) is 4.79 Å². The first-order valence-corrected chi connectivity index (χ1v) is 8.57. The molecule has 1 N–H and O–H groups in total. The third-order valence-electron chi connectivity index (χ3n) is 3.88. The zero-order chi connectivity index (χ0) is 14.8. The molecular formula is C15H18ClN3OS. The maximum absolute atomic E-state index is 12.3. The van der Waals surface area contributed by atoms with Crippen LogP contribution < -0.4 is 0 Å². The summed E-state index contributed by atoms with van der Waals surface area (Å²) in [7, 11) is 0. The molecule has 4 nitrogen and oxygen atoms in total. The van der Waals surface area contributed by atoms with Crippen LogP contribution in [0.4, 0.5) is 0 Å². The number of hydrogen-bond donors (Lipinski definition) is 1. The highest BCUT2D eigenvalue weighted by molar-refractivity contribution is 7.99. The molecule has 0 spiro atoms. The number of piperidine rings is 1. The summed E-state index contributed by atoms with van der Waals surface area (Å²) < 4.78 is 0.